The monoisotopic (exact) mass is 478 g/mol. The van der Waals surface area contributed by atoms with Crippen molar-refractivity contribution in [3.05, 3.63) is 52.9 Å². The average molecular weight is 478 g/mol. The molecule has 3 N–H and O–H groups in total. The van der Waals surface area contributed by atoms with Crippen LogP contribution in [0.2, 0.25) is 0 Å². The number of carboxylic acids is 1. The van der Waals surface area contributed by atoms with E-state index in [1.165, 1.54) is 18.2 Å². The predicted octanol–water partition coefficient (Wildman–Crippen LogP) is 4.51. The third-order valence-corrected chi connectivity index (χ3v) is 5.25. The van der Waals surface area contributed by atoms with Crippen molar-refractivity contribution in [1.82, 2.24) is 15.0 Å². The number of aromatic nitrogens is 3. The second-order valence-electron chi connectivity index (χ2n) is 6.52. The van der Waals surface area contributed by atoms with Crippen LogP contribution in [0.1, 0.15) is 16.3 Å². The van der Waals surface area contributed by atoms with Gasteiger partial charge in [0.2, 0.25) is 5.95 Å². The van der Waals surface area contributed by atoms with Crippen molar-refractivity contribution in [2.75, 3.05) is 5.32 Å². The van der Waals surface area contributed by atoms with Crippen LogP contribution in [0.25, 0.3) is 10.4 Å². The zero-order valence-electron chi connectivity index (χ0n) is 15.8. The Labute approximate surface area is 179 Å². The fraction of sp³-hybridized carbons (Fsp3) is 0.222. The summed E-state index contributed by atoms with van der Waals surface area (Å²) < 4.78 is 78.0. The van der Waals surface area contributed by atoms with Gasteiger partial charge in [-0.05, 0) is 36.2 Å². The molecule has 0 bridgehead atoms. The summed E-state index contributed by atoms with van der Waals surface area (Å²) in [6.07, 6.45) is -8.34. The van der Waals surface area contributed by atoms with E-state index in [2.05, 4.69) is 20.3 Å². The number of nitrogens with one attached hydrogen (secondary N) is 1. The maximum absolute atomic E-state index is 13.2. The highest BCUT2D eigenvalue weighted by Gasteiger charge is 2.63. The highest BCUT2D eigenvalue weighted by atomic mass is 32.1. The van der Waals surface area contributed by atoms with Gasteiger partial charge in [0.1, 0.15) is 10.7 Å². The number of aliphatic hydroxyl groups is 1. The van der Waals surface area contributed by atoms with Crippen LogP contribution in [-0.2, 0) is 16.6 Å². The van der Waals surface area contributed by atoms with E-state index in [0.717, 1.165) is 12.4 Å². The smallest absolute Gasteiger partial charge is 0.434 e. The summed E-state index contributed by atoms with van der Waals surface area (Å²) in [6.45, 7) is 1.62. The van der Waals surface area contributed by atoms with E-state index in [9.17, 15) is 36.2 Å². The molecule has 0 saturated heterocycles. The largest absolute Gasteiger partial charge is 0.479 e. The number of benzene rings is 1. The highest BCUT2D eigenvalue weighted by Crippen LogP contribution is 2.43. The molecule has 0 aliphatic heterocycles. The number of aryl methyl sites for hydroxylation is 1. The Morgan fingerprint density at radius 1 is 1.09 bits per heavy atom. The standard InChI is InChI=1S/C18H12F6N4O3S/c1-8-4-9(11-7-26-13(32-11)16(31,14(29)30)18(22,23)24)6-10(5-8)27-15-25-3-2-12(28-15)17(19,20)21/h2-7,31H,1H3,(H,29,30)(H,25,27,28). The number of halogens is 6. The van der Waals surface area contributed by atoms with Crippen molar-refractivity contribution in [1.29, 1.82) is 0 Å². The van der Waals surface area contributed by atoms with Gasteiger partial charge in [0.05, 0.1) is 4.88 Å². The van der Waals surface area contributed by atoms with Crippen LogP contribution in [0.5, 0.6) is 0 Å². The van der Waals surface area contributed by atoms with Crippen LogP contribution < -0.4 is 5.32 Å². The van der Waals surface area contributed by atoms with E-state index in [1.54, 1.807) is 6.92 Å². The molecule has 2 heterocycles. The Hall–Kier alpha value is -3.26. The normalized spacial score (nSPS) is 14.1. The first-order valence-electron chi connectivity index (χ1n) is 8.50. The van der Waals surface area contributed by atoms with Crippen LogP contribution in [-0.4, -0.2) is 37.3 Å². The van der Waals surface area contributed by atoms with Crippen LogP contribution >= 0.6 is 11.3 Å². The molecule has 0 saturated carbocycles. The lowest BCUT2D eigenvalue weighted by Gasteiger charge is -2.23. The fourth-order valence-electron chi connectivity index (χ4n) is 2.61. The molecule has 2 aromatic heterocycles. The molecular formula is C18H12F6N4O3S. The first-order valence-corrected chi connectivity index (χ1v) is 9.31. The third-order valence-electron chi connectivity index (χ3n) is 4.10. The molecule has 1 unspecified atom stereocenters. The average Bonchev–Trinajstić information content (AvgIpc) is 3.16. The van der Waals surface area contributed by atoms with Crippen molar-refractivity contribution in [3.63, 3.8) is 0 Å². The number of hydrogen-bond acceptors (Lipinski definition) is 7. The number of hydrogen-bond donors (Lipinski definition) is 3. The van der Waals surface area contributed by atoms with Crippen molar-refractivity contribution in [3.8, 4) is 10.4 Å². The van der Waals surface area contributed by atoms with Crippen LogP contribution in [0.3, 0.4) is 0 Å². The van der Waals surface area contributed by atoms with Crippen LogP contribution in [0.15, 0.2) is 36.7 Å². The lowest BCUT2D eigenvalue weighted by Crippen LogP contribution is -2.49. The summed E-state index contributed by atoms with van der Waals surface area (Å²) in [5.74, 6) is -2.89. The number of thiazole rings is 1. The zero-order valence-corrected chi connectivity index (χ0v) is 16.6. The Balaban J connectivity index is 1.97. The molecule has 1 aromatic carbocycles. The Bertz CT molecular complexity index is 1160. The topological polar surface area (TPSA) is 108 Å². The Morgan fingerprint density at radius 2 is 1.78 bits per heavy atom. The van der Waals surface area contributed by atoms with Crippen molar-refractivity contribution in [2.45, 2.75) is 24.9 Å². The summed E-state index contributed by atoms with van der Waals surface area (Å²) in [6, 6.07) is 5.12. The molecule has 0 amide bonds. The van der Waals surface area contributed by atoms with E-state index in [0.29, 0.717) is 23.0 Å². The Morgan fingerprint density at radius 3 is 2.38 bits per heavy atom. The second-order valence-corrected chi connectivity index (χ2v) is 7.55. The molecule has 14 heteroatoms. The molecule has 3 rings (SSSR count). The third kappa shape index (κ3) is 4.50. The molecule has 0 spiro atoms. The number of anilines is 2. The second kappa shape index (κ2) is 8.02. The molecule has 1 atom stereocenters. The van der Waals surface area contributed by atoms with Gasteiger partial charge >= 0.3 is 23.9 Å². The van der Waals surface area contributed by atoms with E-state index in [-0.39, 0.29) is 22.1 Å². The van der Waals surface area contributed by atoms with Gasteiger partial charge < -0.3 is 15.5 Å². The number of carbonyl (C=O) groups is 1. The van der Waals surface area contributed by atoms with E-state index in [1.807, 2.05) is 0 Å². The number of alkyl halides is 6. The summed E-state index contributed by atoms with van der Waals surface area (Å²) in [5.41, 5.74) is -4.30. The SMILES string of the molecule is Cc1cc(Nc2nccc(C(F)(F)F)n2)cc(-c2cnc(C(O)(C(=O)O)C(F)(F)F)s2)c1. The van der Waals surface area contributed by atoms with Gasteiger partial charge in [0.25, 0.3) is 0 Å². The van der Waals surface area contributed by atoms with Gasteiger partial charge in [0, 0.05) is 18.1 Å². The Kier molecular flexibility index (Phi) is 5.86. The maximum atomic E-state index is 13.2. The van der Waals surface area contributed by atoms with Crippen molar-refractivity contribution < 1.29 is 41.4 Å². The van der Waals surface area contributed by atoms with Crippen LogP contribution in [0, 0.1) is 6.92 Å². The van der Waals surface area contributed by atoms with E-state index >= 15 is 0 Å². The maximum Gasteiger partial charge on any atom is 0.434 e. The molecule has 170 valence electrons. The van der Waals surface area contributed by atoms with Gasteiger partial charge in [-0.2, -0.15) is 26.3 Å². The van der Waals surface area contributed by atoms with Gasteiger partial charge in [-0.1, -0.05) is 6.07 Å². The number of rotatable bonds is 5. The molecule has 0 radical (unpaired) electrons. The minimum atomic E-state index is -5.52. The van der Waals surface area contributed by atoms with Gasteiger partial charge in [0.15, 0.2) is 0 Å². The van der Waals surface area contributed by atoms with Gasteiger partial charge in [-0.25, -0.2) is 19.7 Å². The summed E-state index contributed by atoms with van der Waals surface area (Å²) in [7, 11) is 0. The lowest BCUT2D eigenvalue weighted by atomic mass is 10.1. The number of nitrogens with zero attached hydrogens (tertiary/aromatic N) is 3. The van der Waals surface area contributed by atoms with Gasteiger partial charge in [-0.3, -0.25) is 0 Å². The molecule has 0 fully saturated rings. The molecule has 0 aliphatic carbocycles. The predicted molar refractivity (Wildman–Crippen MR) is 100 cm³/mol. The first-order chi connectivity index (χ1) is 14.7. The molecule has 7 nitrogen and oxygen atoms in total. The van der Waals surface area contributed by atoms with Crippen molar-refractivity contribution >= 4 is 28.9 Å². The summed E-state index contributed by atoms with van der Waals surface area (Å²) >= 11 is 0.308. The van der Waals surface area contributed by atoms with E-state index < -0.39 is 34.6 Å². The van der Waals surface area contributed by atoms with Gasteiger partial charge in [-0.15, -0.1) is 11.3 Å². The zero-order chi connectivity index (χ0) is 23.9. The summed E-state index contributed by atoms with van der Waals surface area (Å²) in [5, 5.41) is 20.2. The molecule has 32 heavy (non-hydrogen) atoms. The van der Waals surface area contributed by atoms with Crippen LogP contribution in [0.4, 0.5) is 38.0 Å². The lowest BCUT2D eigenvalue weighted by molar-refractivity contribution is -0.265. The quantitative estimate of drug-likeness (QED) is 0.463. The van der Waals surface area contributed by atoms with Crippen molar-refractivity contribution in [2.24, 2.45) is 0 Å². The molecule has 0 aliphatic rings. The first kappa shape index (κ1) is 23.4. The molecule has 3 aromatic rings. The minimum absolute atomic E-state index is 0.0839. The number of aliphatic carboxylic acids is 1. The highest BCUT2D eigenvalue weighted by molar-refractivity contribution is 7.15. The minimum Gasteiger partial charge on any atom is -0.479 e. The summed E-state index contributed by atoms with van der Waals surface area (Å²) in [4.78, 5) is 21.7. The number of carboxylic acid groups (broad SMARTS) is 1. The van der Waals surface area contributed by atoms with E-state index in [4.69, 9.17) is 5.11 Å². The fourth-order valence-corrected chi connectivity index (χ4v) is 3.62. The molecular weight excluding hydrogens is 466 g/mol.